The maximum absolute atomic E-state index is 5.42. The third kappa shape index (κ3) is 5.88. The van der Waals surface area contributed by atoms with Gasteiger partial charge in [-0.15, -0.1) is 24.0 Å². The van der Waals surface area contributed by atoms with E-state index < -0.39 is 0 Å². The van der Waals surface area contributed by atoms with Crippen LogP contribution >= 0.6 is 24.0 Å². The molecule has 0 aliphatic carbocycles. The lowest BCUT2D eigenvalue weighted by molar-refractivity contribution is 0.0211. The van der Waals surface area contributed by atoms with Crippen molar-refractivity contribution in [1.29, 1.82) is 0 Å². The van der Waals surface area contributed by atoms with Crippen LogP contribution in [0.1, 0.15) is 19.4 Å². The molecule has 2 heterocycles. The molecule has 1 fully saturated rings. The van der Waals surface area contributed by atoms with E-state index in [1.165, 1.54) is 0 Å². The van der Waals surface area contributed by atoms with Crippen molar-refractivity contribution < 1.29 is 14.2 Å². The molecule has 1 aromatic rings. The molecule has 26 heavy (non-hydrogen) atoms. The number of halogens is 1. The lowest BCUT2D eigenvalue weighted by Gasteiger charge is -2.32. The normalized spacial score (nSPS) is 18.2. The smallest absolute Gasteiger partial charge is 0.231 e. The fourth-order valence-electron chi connectivity index (χ4n) is 2.94. The van der Waals surface area contributed by atoms with Gasteiger partial charge in [0, 0.05) is 32.2 Å². The molecule has 2 N–H and O–H groups in total. The second-order valence-corrected chi connectivity index (χ2v) is 6.26. The Bertz CT molecular complexity index is 594. The number of aliphatic imine (C=N–C) groups is 1. The number of morpholine rings is 1. The Kier molecular flexibility index (Phi) is 8.73. The van der Waals surface area contributed by atoms with Crippen LogP contribution in [0.15, 0.2) is 23.2 Å². The van der Waals surface area contributed by atoms with Gasteiger partial charge >= 0.3 is 0 Å². The molecule has 0 bridgehead atoms. The summed E-state index contributed by atoms with van der Waals surface area (Å²) in [4.78, 5) is 7.12. The van der Waals surface area contributed by atoms with Gasteiger partial charge in [-0.1, -0.05) is 6.07 Å². The summed E-state index contributed by atoms with van der Waals surface area (Å²) < 4.78 is 16.2. The highest BCUT2D eigenvalue weighted by Crippen LogP contribution is 2.32. The van der Waals surface area contributed by atoms with E-state index in [0.717, 1.165) is 62.4 Å². The highest BCUT2D eigenvalue weighted by Gasteiger charge is 2.17. The van der Waals surface area contributed by atoms with E-state index in [2.05, 4.69) is 34.4 Å². The number of hydrogen-bond donors (Lipinski definition) is 2. The van der Waals surface area contributed by atoms with Crippen molar-refractivity contribution in [3.63, 3.8) is 0 Å². The van der Waals surface area contributed by atoms with E-state index in [1.54, 1.807) is 0 Å². The average Bonchev–Trinajstić information content (AvgIpc) is 3.12. The van der Waals surface area contributed by atoms with E-state index in [-0.39, 0.29) is 24.0 Å². The van der Waals surface area contributed by atoms with Gasteiger partial charge in [0.2, 0.25) is 6.79 Å². The van der Waals surface area contributed by atoms with Crippen LogP contribution in [0.4, 0.5) is 0 Å². The topological polar surface area (TPSA) is 67.4 Å². The Morgan fingerprint density at radius 2 is 1.96 bits per heavy atom. The fourth-order valence-corrected chi connectivity index (χ4v) is 2.94. The molecule has 0 amide bonds. The third-order valence-corrected chi connectivity index (χ3v) is 4.43. The quantitative estimate of drug-likeness (QED) is 0.371. The van der Waals surface area contributed by atoms with Crippen LogP contribution in [0.2, 0.25) is 0 Å². The Balaban J connectivity index is 0.00000243. The second-order valence-electron chi connectivity index (χ2n) is 6.26. The molecular formula is C18H29IN4O3. The number of hydrogen-bond acceptors (Lipinski definition) is 5. The molecule has 2 aliphatic heterocycles. The van der Waals surface area contributed by atoms with Gasteiger partial charge in [0.05, 0.1) is 19.8 Å². The second kappa shape index (κ2) is 10.8. The zero-order valence-corrected chi connectivity index (χ0v) is 17.8. The standard InChI is InChI=1S/C18H28N4O3.HI/c1-3-19-18(20-11-14(2)22-6-8-23-9-7-22)21-12-15-4-5-16-17(10-15)25-13-24-16;/h4-5,10,14H,3,6-9,11-13H2,1-2H3,(H2,19,20,21);1H. The maximum atomic E-state index is 5.42. The summed E-state index contributed by atoms with van der Waals surface area (Å²) in [7, 11) is 0. The van der Waals surface area contributed by atoms with Gasteiger partial charge in [-0.2, -0.15) is 0 Å². The van der Waals surface area contributed by atoms with Crippen molar-refractivity contribution in [2.24, 2.45) is 4.99 Å². The minimum absolute atomic E-state index is 0. The molecule has 0 saturated carbocycles. The number of benzene rings is 1. The highest BCUT2D eigenvalue weighted by atomic mass is 127. The number of fused-ring (bicyclic) bond motifs is 1. The molecule has 1 atom stereocenters. The Hall–Kier alpha value is -1.26. The molecule has 0 radical (unpaired) electrons. The predicted molar refractivity (Wildman–Crippen MR) is 113 cm³/mol. The number of ether oxygens (including phenoxy) is 3. The molecule has 146 valence electrons. The largest absolute Gasteiger partial charge is 0.454 e. The van der Waals surface area contributed by atoms with Crippen molar-refractivity contribution in [3.05, 3.63) is 23.8 Å². The molecule has 0 spiro atoms. The van der Waals surface area contributed by atoms with Crippen LogP contribution in [-0.2, 0) is 11.3 Å². The molecule has 7 nitrogen and oxygen atoms in total. The maximum Gasteiger partial charge on any atom is 0.231 e. The summed E-state index contributed by atoms with van der Waals surface area (Å²) in [5.74, 6) is 2.43. The summed E-state index contributed by atoms with van der Waals surface area (Å²) in [6.07, 6.45) is 0. The first-order chi connectivity index (χ1) is 12.3. The summed E-state index contributed by atoms with van der Waals surface area (Å²) in [5, 5.41) is 6.74. The number of nitrogens with zero attached hydrogens (tertiary/aromatic N) is 2. The highest BCUT2D eigenvalue weighted by molar-refractivity contribution is 14.0. The monoisotopic (exact) mass is 476 g/mol. The molecular weight excluding hydrogens is 447 g/mol. The minimum Gasteiger partial charge on any atom is -0.454 e. The van der Waals surface area contributed by atoms with Gasteiger partial charge in [0.25, 0.3) is 0 Å². The first-order valence-electron chi connectivity index (χ1n) is 8.98. The van der Waals surface area contributed by atoms with Crippen LogP contribution in [-0.4, -0.2) is 63.1 Å². The molecule has 3 rings (SSSR count). The lowest BCUT2D eigenvalue weighted by Crippen LogP contribution is -2.49. The molecule has 8 heteroatoms. The van der Waals surface area contributed by atoms with Crippen LogP contribution in [0.25, 0.3) is 0 Å². The zero-order chi connectivity index (χ0) is 17.5. The summed E-state index contributed by atoms with van der Waals surface area (Å²) >= 11 is 0. The van der Waals surface area contributed by atoms with Gasteiger partial charge < -0.3 is 24.8 Å². The van der Waals surface area contributed by atoms with E-state index in [1.807, 2.05) is 18.2 Å². The first kappa shape index (κ1) is 21.0. The molecule has 1 aromatic carbocycles. The van der Waals surface area contributed by atoms with Gasteiger partial charge in [0.15, 0.2) is 17.5 Å². The van der Waals surface area contributed by atoms with Gasteiger partial charge in [-0.05, 0) is 31.5 Å². The summed E-state index contributed by atoms with van der Waals surface area (Å²) in [6, 6.07) is 6.40. The van der Waals surface area contributed by atoms with E-state index in [9.17, 15) is 0 Å². The van der Waals surface area contributed by atoms with E-state index >= 15 is 0 Å². The van der Waals surface area contributed by atoms with Crippen molar-refractivity contribution in [1.82, 2.24) is 15.5 Å². The lowest BCUT2D eigenvalue weighted by atomic mass is 10.2. The Morgan fingerprint density at radius 3 is 2.73 bits per heavy atom. The molecule has 0 aromatic heterocycles. The van der Waals surface area contributed by atoms with Crippen molar-refractivity contribution in [2.45, 2.75) is 26.4 Å². The number of nitrogens with one attached hydrogen (secondary N) is 2. The first-order valence-corrected chi connectivity index (χ1v) is 8.98. The third-order valence-electron chi connectivity index (χ3n) is 4.43. The van der Waals surface area contributed by atoms with Crippen LogP contribution < -0.4 is 20.1 Å². The Morgan fingerprint density at radius 1 is 1.19 bits per heavy atom. The van der Waals surface area contributed by atoms with E-state index in [4.69, 9.17) is 14.2 Å². The molecule has 1 unspecified atom stereocenters. The van der Waals surface area contributed by atoms with Crippen molar-refractivity contribution in [3.8, 4) is 11.5 Å². The number of guanidine groups is 1. The fraction of sp³-hybridized carbons (Fsp3) is 0.611. The number of rotatable bonds is 6. The van der Waals surface area contributed by atoms with Crippen LogP contribution in [0.5, 0.6) is 11.5 Å². The minimum atomic E-state index is 0. The predicted octanol–water partition coefficient (Wildman–Crippen LogP) is 1.81. The molecule has 2 aliphatic rings. The summed E-state index contributed by atoms with van der Waals surface area (Å²) in [6.45, 7) is 10.5. The average molecular weight is 476 g/mol. The molecule has 1 saturated heterocycles. The Labute approximate surface area is 172 Å². The van der Waals surface area contributed by atoms with Gasteiger partial charge in [0.1, 0.15) is 0 Å². The van der Waals surface area contributed by atoms with Gasteiger partial charge in [-0.3, -0.25) is 4.90 Å². The SMILES string of the molecule is CCNC(=NCc1ccc2c(c1)OCO2)NCC(C)N1CCOCC1.I. The van der Waals surface area contributed by atoms with Crippen LogP contribution in [0, 0.1) is 0 Å². The van der Waals surface area contributed by atoms with Crippen molar-refractivity contribution >= 4 is 29.9 Å². The van der Waals surface area contributed by atoms with Crippen molar-refractivity contribution in [2.75, 3.05) is 46.2 Å². The van der Waals surface area contributed by atoms with Crippen LogP contribution in [0.3, 0.4) is 0 Å². The summed E-state index contributed by atoms with van der Waals surface area (Å²) in [5.41, 5.74) is 1.10. The van der Waals surface area contributed by atoms with Gasteiger partial charge in [-0.25, -0.2) is 4.99 Å². The zero-order valence-electron chi connectivity index (χ0n) is 15.5. The van der Waals surface area contributed by atoms with E-state index in [0.29, 0.717) is 19.4 Å².